The summed E-state index contributed by atoms with van der Waals surface area (Å²) in [6.45, 7) is 1.56. The Morgan fingerprint density at radius 2 is 1.59 bits per heavy atom. The van der Waals surface area contributed by atoms with Crippen LogP contribution in [-0.4, -0.2) is 36.0 Å². The first-order valence-electron chi connectivity index (χ1n) is 9.85. The molecule has 1 aromatic heterocycles. The average Bonchev–Trinajstić information content (AvgIpc) is 3.05. The van der Waals surface area contributed by atoms with E-state index in [9.17, 15) is 8.42 Å². The van der Waals surface area contributed by atoms with Crippen LogP contribution in [0.15, 0.2) is 63.9 Å². The summed E-state index contributed by atoms with van der Waals surface area (Å²) in [5.74, 6) is 0.936. The molecule has 0 saturated carbocycles. The zero-order chi connectivity index (χ0) is 20.1. The Bertz CT molecular complexity index is 1030. The van der Waals surface area contributed by atoms with Gasteiger partial charge in [0.05, 0.1) is 11.4 Å². The minimum absolute atomic E-state index is 0.328. The van der Waals surface area contributed by atoms with Gasteiger partial charge in [0, 0.05) is 24.3 Å². The van der Waals surface area contributed by atoms with Crippen LogP contribution in [0.5, 0.6) is 0 Å². The highest BCUT2D eigenvalue weighted by Gasteiger charge is 2.24. The third-order valence-electron chi connectivity index (χ3n) is 4.99. The van der Waals surface area contributed by atoms with Crippen molar-refractivity contribution >= 4 is 15.7 Å². The smallest absolute Gasteiger partial charge is 0.247 e. The Hall–Kier alpha value is -2.71. The van der Waals surface area contributed by atoms with E-state index in [1.54, 1.807) is 28.6 Å². The lowest BCUT2D eigenvalue weighted by molar-refractivity contribution is 0.424. The summed E-state index contributed by atoms with van der Waals surface area (Å²) < 4.78 is 33.0. The number of hydrogen-bond donors (Lipinski definition) is 1. The second-order valence-electron chi connectivity index (χ2n) is 7.06. The minimum atomic E-state index is -3.43. The van der Waals surface area contributed by atoms with Crippen molar-refractivity contribution in [1.29, 1.82) is 0 Å². The summed E-state index contributed by atoms with van der Waals surface area (Å²) in [5, 5.41) is 11.3. The molecule has 7 nitrogen and oxygen atoms in total. The van der Waals surface area contributed by atoms with Crippen molar-refractivity contribution in [3.8, 4) is 11.5 Å². The highest BCUT2D eigenvalue weighted by Crippen LogP contribution is 2.22. The van der Waals surface area contributed by atoms with Crippen LogP contribution in [0.25, 0.3) is 11.5 Å². The fourth-order valence-corrected chi connectivity index (χ4v) is 4.89. The molecule has 8 heteroatoms. The molecule has 1 aliphatic heterocycles. The van der Waals surface area contributed by atoms with Gasteiger partial charge in [0.15, 0.2) is 0 Å². The molecule has 1 N–H and O–H groups in total. The topological polar surface area (TPSA) is 88.3 Å². The Morgan fingerprint density at radius 1 is 0.897 bits per heavy atom. The van der Waals surface area contributed by atoms with Crippen LogP contribution in [0.4, 0.5) is 5.69 Å². The van der Waals surface area contributed by atoms with Crippen molar-refractivity contribution < 1.29 is 12.8 Å². The zero-order valence-electron chi connectivity index (χ0n) is 16.1. The highest BCUT2D eigenvalue weighted by molar-refractivity contribution is 7.89. The van der Waals surface area contributed by atoms with Gasteiger partial charge in [-0.05, 0) is 49.2 Å². The molecular formula is C21H24N4O3S. The van der Waals surface area contributed by atoms with E-state index in [1.165, 1.54) is 0 Å². The largest absolute Gasteiger partial charge is 0.419 e. The van der Waals surface area contributed by atoms with Gasteiger partial charge in [0.2, 0.25) is 21.8 Å². The molecule has 1 saturated heterocycles. The lowest BCUT2D eigenvalue weighted by Gasteiger charge is -2.20. The predicted octanol–water partition coefficient (Wildman–Crippen LogP) is 3.91. The van der Waals surface area contributed by atoms with E-state index in [4.69, 9.17) is 4.42 Å². The lowest BCUT2D eigenvalue weighted by atomic mass is 10.2. The first-order chi connectivity index (χ1) is 14.1. The van der Waals surface area contributed by atoms with Crippen molar-refractivity contribution in [3.63, 3.8) is 0 Å². The monoisotopic (exact) mass is 412 g/mol. The van der Waals surface area contributed by atoms with E-state index in [1.807, 2.05) is 30.3 Å². The van der Waals surface area contributed by atoms with Crippen molar-refractivity contribution in [3.05, 3.63) is 60.5 Å². The summed E-state index contributed by atoms with van der Waals surface area (Å²) in [6, 6.07) is 16.4. The summed E-state index contributed by atoms with van der Waals surface area (Å²) in [4.78, 5) is 0.328. The first kappa shape index (κ1) is 19.6. The van der Waals surface area contributed by atoms with Gasteiger partial charge in [-0.15, -0.1) is 10.2 Å². The molecule has 0 atom stereocenters. The number of rotatable bonds is 6. The van der Waals surface area contributed by atoms with Crippen LogP contribution in [0, 0.1) is 0 Å². The number of nitrogens with one attached hydrogen (secondary N) is 1. The fraction of sp³-hybridized carbons (Fsp3) is 0.333. The number of aromatic nitrogens is 2. The lowest BCUT2D eigenvalue weighted by Crippen LogP contribution is -2.31. The first-order valence-corrected chi connectivity index (χ1v) is 11.3. The molecule has 0 unspecified atom stereocenters. The maximum absolute atomic E-state index is 12.8. The number of sulfonamides is 1. The van der Waals surface area contributed by atoms with E-state index in [0.717, 1.165) is 36.9 Å². The number of hydrogen-bond acceptors (Lipinski definition) is 6. The van der Waals surface area contributed by atoms with Gasteiger partial charge < -0.3 is 9.73 Å². The Labute approximate surface area is 170 Å². The number of anilines is 1. The van der Waals surface area contributed by atoms with E-state index in [-0.39, 0.29) is 0 Å². The van der Waals surface area contributed by atoms with Gasteiger partial charge in [-0.3, -0.25) is 0 Å². The fourth-order valence-electron chi connectivity index (χ4n) is 3.38. The van der Waals surface area contributed by atoms with E-state index in [2.05, 4.69) is 15.5 Å². The molecule has 1 fully saturated rings. The second kappa shape index (κ2) is 8.75. The third kappa shape index (κ3) is 4.65. The second-order valence-corrected chi connectivity index (χ2v) is 9.00. The van der Waals surface area contributed by atoms with Crippen LogP contribution >= 0.6 is 0 Å². The SMILES string of the molecule is O=S(=O)(c1ccc(NCc2nnc(-c3ccccc3)o2)cc1)N1CCCCCC1. The van der Waals surface area contributed by atoms with Crippen LogP contribution < -0.4 is 5.32 Å². The molecule has 2 heterocycles. The normalized spacial score (nSPS) is 15.7. The third-order valence-corrected chi connectivity index (χ3v) is 6.90. The summed E-state index contributed by atoms with van der Waals surface area (Å²) >= 11 is 0. The van der Waals surface area contributed by atoms with Gasteiger partial charge in [-0.1, -0.05) is 31.0 Å². The Balaban J connectivity index is 1.39. The quantitative estimate of drug-likeness (QED) is 0.660. The van der Waals surface area contributed by atoms with Crippen molar-refractivity contribution in [2.24, 2.45) is 0 Å². The summed E-state index contributed by atoms with van der Waals surface area (Å²) in [6.07, 6.45) is 4.04. The van der Waals surface area contributed by atoms with Crippen LogP contribution in [-0.2, 0) is 16.6 Å². The molecule has 0 radical (unpaired) electrons. The van der Waals surface area contributed by atoms with E-state index >= 15 is 0 Å². The number of nitrogens with zero attached hydrogens (tertiary/aromatic N) is 3. The van der Waals surface area contributed by atoms with Gasteiger partial charge in [0.25, 0.3) is 0 Å². The molecule has 1 aliphatic rings. The Morgan fingerprint density at radius 3 is 2.28 bits per heavy atom. The minimum Gasteiger partial charge on any atom is -0.419 e. The molecule has 0 aliphatic carbocycles. The standard InChI is InChI=1S/C21H24N4O3S/c26-29(27,25-14-6-1-2-7-15-25)19-12-10-18(11-13-19)22-16-20-23-24-21(28-20)17-8-4-3-5-9-17/h3-5,8-13,22H,1-2,6-7,14-16H2. The molecular weight excluding hydrogens is 388 g/mol. The summed E-state index contributed by atoms with van der Waals surface area (Å²) in [7, 11) is -3.43. The van der Waals surface area contributed by atoms with Crippen molar-refractivity contribution in [1.82, 2.24) is 14.5 Å². The van der Waals surface area contributed by atoms with E-state index < -0.39 is 10.0 Å². The number of benzene rings is 2. The molecule has 0 amide bonds. The molecule has 29 heavy (non-hydrogen) atoms. The maximum Gasteiger partial charge on any atom is 0.247 e. The van der Waals surface area contributed by atoms with Gasteiger partial charge in [-0.2, -0.15) is 4.31 Å². The molecule has 3 aromatic rings. The summed E-state index contributed by atoms with van der Waals surface area (Å²) in [5.41, 5.74) is 1.66. The van der Waals surface area contributed by atoms with Crippen LogP contribution in [0.1, 0.15) is 31.6 Å². The molecule has 0 bridgehead atoms. The van der Waals surface area contributed by atoms with Gasteiger partial charge in [0.1, 0.15) is 0 Å². The van der Waals surface area contributed by atoms with E-state index in [0.29, 0.717) is 36.3 Å². The maximum atomic E-state index is 12.8. The molecule has 2 aromatic carbocycles. The zero-order valence-corrected chi connectivity index (χ0v) is 16.9. The van der Waals surface area contributed by atoms with Crippen LogP contribution in [0.3, 0.4) is 0 Å². The average molecular weight is 413 g/mol. The van der Waals surface area contributed by atoms with Gasteiger partial charge >= 0.3 is 0 Å². The van der Waals surface area contributed by atoms with Crippen LogP contribution in [0.2, 0.25) is 0 Å². The van der Waals surface area contributed by atoms with Crippen molar-refractivity contribution in [2.45, 2.75) is 37.1 Å². The highest BCUT2D eigenvalue weighted by atomic mass is 32.2. The van der Waals surface area contributed by atoms with Gasteiger partial charge in [-0.25, -0.2) is 8.42 Å². The predicted molar refractivity (Wildman–Crippen MR) is 111 cm³/mol. The van der Waals surface area contributed by atoms with Crippen molar-refractivity contribution in [2.75, 3.05) is 18.4 Å². The molecule has 0 spiro atoms. The molecule has 152 valence electrons. The Kier molecular flexibility index (Phi) is 5.92. The molecule has 4 rings (SSSR count).